The third-order valence-corrected chi connectivity index (χ3v) is 4.68. The van der Waals surface area contributed by atoms with Crippen molar-refractivity contribution in [3.05, 3.63) is 49.0 Å². The molecule has 1 aromatic rings. The average molecular weight is 356 g/mol. The number of piperidine rings is 1. The number of allylic oxidation sites excluding steroid dienone is 4. The SMILES string of the molecule is C=C/C(=C\C(=C)CCC(=O)O)c1cncc(N2CCC(N(C)C)CC2)n1. The molecule has 6 heteroatoms. The third kappa shape index (κ3) is 5.52. The summed E-state index contributed by atoms with van der Waals surface area (Å²) in [5, 5.41) is 8.79. The van der Waals surface area contributed by atoms with Crippen molar-refractivity contribution in [1.29, 1.82) is 0 Å². The van der Waals surface area contributed by atoms with Gasteiger partial charge in [-0.2, -0.15) is 0 Å². The molecule has 0 bridgehead atoms. The van der Waals surface area contributed by atoms with Crippen LogP contribution in [-0.4, -0.2) is 59.2 Å². The molecule has 2 heterocycles. The highest BCUT2D eigenvalue weighted by molar-refractivity contribution is 5.74. The molecule has 1 fully saturated rings. The maximum atomic E-state index is 10.7. The van der Waals surface area contributed by atoms with Crippen molar-refractivity contribution in [2.75, 3.05) is 32.1 Å². The molecule has 26 heavy (non-hydrogen) atoms. The third-order valence-electron chi connectivity index (χ3n) is 4.68. The minimum atomic E-state index is -0.831. The molecule has 1 aliphatic rings. The Labute approximate surface area is 155 Å². The summed E-state index contributed by atoms with van der Waals surface area (Å²) in [6, 6.07) is 0.614. The Morgan fingerprint density at radius 2 is 2.04 bits per heavy atom. The van der Waals surface area contributed by atoms with Crippen LogP contribution in [0.5, 0.6) is 0 Å². The minimum Gasteiger partial charge on any atom is -0.481 e. The van der Waals surface area contributed by atoms with Gasteiger partial charge in [0.05, 0.1) is 18.1 Å². The molecule has 0 amide bonds. The van der Waals surface area contributed by atoms with Gasteiger partial charge in [0.1, 0.15) is 5.82 Å². The van der Waals surface area contributed by atoms with E-state index in [1.165, 1.54) is 0 Å². The summed E-state index contributed by atoms with van der Waals surface area (Å²) in [4.78, 5) is 24.3. The monoisotopic (exact) mass is 356 g/mol. The van der Waals surface area contributed by atoms with Gasteiger partial charge in [-0.15, -0.1) is 0 Å². The molecule has 1 saturated heterocycles. The molecule has 140 valence electrons. The molecule has 1 aromatic heterocycles. The van der Waals surface area contributed by atoms with Gasteiger partial charge < -0.3 is 14.9 Å². The number of carboxylic acids is 1. The number of nitrogens with zero attached hydrogens (tertiary/aromatic N) is 4. The molecule has 0 radical (unpaired) electrons. The Bertz CT molecular complexity index is 689. The van der Waals surface area contributed by atoms with Crippen LogP contribution >= 0.6 is 0 Å². The number of rotatable bonds is 8. The summed E-state index contributed by atoms with van der Waals surface area (Å²) in [6.07, 6.45) is 9.71. The van der Waals surface area contributed by atoms with Crippen molar-refractivity contribution in [3.8, 4) is 0 Å². The fourth-order valence-corrected chi connectivity index (χ4v) is 3.06. The molecule has 0 unspecified atom stereocenters. The Hall–Kier alpha value is -2.47. The van der Waals surface area contributed by atoms with E-state index in [0.717, 1.165) is 48.6 Å². The van der Waals surface area contributed by atoms with Crippen LogP contribution in [0.4, 0.5) is 5.82 Å². The smallest absolute Gasteiger partial charge is 0.303 e. The quantitative estimate of drug-likeness (QED) is 0.722. The largest absolute Gasteiger partial charge is 0.481 e. The molecule has 2 rings (SSSR count). The van der Waals surface area contributed by atoms with Gasteiger partial charge in [0.2, 0.25) is 0 Å². The van der Waals surface area contributed by atoms with Crippen LogP contribution in [0.15, 0.2) is 43.3 Å². The van der Waals surface area contributed by atoms with E-state index in [4.69, 9.17) is 10.1 Å². The number of carboxylic acid groups (broad SMARTS) is 1. The predicted molar refractivity (Wildman–Crippen MR) is 105 cm³/mol. The van der Waals surface area contributed by atoms with Gasteiger partial charge in [-0.05, 0) is 33.4 Å². The molecule has 0 aliphatic carbocycles. The molecule has 6 nitrogen and oxygen atoms in total. The van der Waals surface area contributed by atoms with Crippen LogP contribution < -0.4 is 4.90 Å². The minimum absolute atomic E-state index is 0.0618. The lowest BCUT2D eigenvalue weighted by Crippen LogP contribution is -2.42. The summed E-state index contributed by atoms with van der Waals surface area (Å²) >= 11 is 0. The Balaban J connectivity index is 2.10. The van der Waals surface area contributed by atoms with Crippen molar-refractivity contribution < 1.29 is 9.90 Å². The van der Waals surface area contributed by atoms with Crippen molar-refractivity contribution >= 4 is 17.4 Å². The molecule has 0 atom stereocenters. The summed E-state index contributed by atoms with van der Waals surface area (Å²) in [7, 11) is 4.25. The van der Waals surface area contributed by atoms with Gasteiger partial charge in [-0.25, -0.2) is 4.98 Å². The van der Waals surface area contributed by atoms with Crippen molar-refractivity contribution in [2.24, 2.45) is 0 Å². The van der Waals surface area contributed by atoms with E-state index in [0.29, 0.717) is 12.5 Å². The standard InChI is InChI=1S/C20H28N4O2/c1-5-16(12-15(2)6-7-20(25)26)18-13-21-14-19(22-18)24-10-8-17(9-11-24)23(3)4/h5,12-14,17H,1-2,6-11H2,3-4H3,(H,25,26)/b16-12+. The van der Waals surface area contributed by atoms with E-state index in [1.54, 1.807) is 18.5 Å². The first kappa shape index (κ1) is 19.8. The summed E-state index contributed by atoms with van der Waals surface area (Å²) in [5.41, 5.74) is 2.27. The second kappa shape index (κ2) is 9.29. The number of anilines is 1. The molecule has 1 aliphatic heterocycles. The van der Waals surface area contributed by atoms with Gasteiger partial charge in [0, 0.05) is 31.1 Å². The van der Waals surface area contributed by atoms with Crippen molar-refractivity contribution in [3.63, 3.8) is 0 Å². The van der Waals surface area contributed by atoms with E-state index in [9.17, 15) is 4.79 Å². The van der Waals surface area contributed by atoms with E-state index in [-0.39, 0.29) is 6.42 Å². The maximum Gasteiger partial charge on any atom is 0.303 e. The molecule has 0 saturated carbocycles. The van der Waals surface area contributed by atoms with Gasteiger partial charge >= 0.3 is 5.97 Å². The highest BCUT2D eigenvalue weighted by Gasteiger charge is 2.21. The zero-order valence-corrected chi connectivity index (χ0v) is 15.7. The van der Waals surface area contributed by atoms with Crippen LogP contribution in [0, 0.1) is 0 Å². The predicted octanol–water partition coefficient (Wildman–Crippen LogP) is 3.00. The number of hydrogen-bond acceptors (Lipinski definition) is 5. The van der Waals surface area contributed by atoms with Gasteiger partial charge in [-0.3, -0.25) is 9.78 Å². The fourth-order valence-electron chi connectivity index (χ4n) is 3.06. The average Bonchev–Trinajstić information content (AvgIpc) is 2.64. The number of aliphatic carboxylic acids is 1. The Morgan fingerprint density at radius 1 is 1.35 bits per heavy atom. The second-order valence-electron chi connectivity index (χ2n) is 6.80. The van der Waals surface area contributed by atoms with E-state index in [1.807, 2.05) is 6.08 Å². The Kier molecular flexibility index (Phi) is 7.09. The summed E-state index contributed by atoms with van der Waals surface area (Å²) < 4.78 is 0. The van der Waals surface area contributed by atoms with Crippen LogP contribution in [0.25, 0.3) is 5.57 Å². The highest BCUT2D eigenvalue weighted by Crippen LogP contribution is 2.22. The van der Waals surface area contributed by atoms with Gasteiger partial charge in [0.25, 0.3) is 0 Å². The molecular weight excluding hydrogens is 328 g/mol. The molecule has 1 N–H and O–H groups in total. The van der Waals surface area contributed by atoms with Gasteiger partial charge in [0.15, 0.2) is 0 Å². The maximum absolute atomic E-state index is 10.7. The van der Waals surface area contributed by atoms with Gasteiger partial charge in [-0.1, -0.05) is 30.9 Å². The second-order valence-corrected chi connectivity index (χ2v) is 6.80. The normalized spacial score (nSPS) is 16.0. The first-order valence-corrected chi connectivity index (χ1v) is 8.88. The first-order chi connectivity index (χ1) is 12.4. The topological polar surface area (TPSA) is 69.6 Å². The lowest BCUT2D eigenvalue weighted by Gasteiger charge is -2.35. The lowest BCUT2D eigenvalue weighted by atomic mass is 10.0. The molecular formula is C20H28N4O2. The van der Waals surface area contributed by atoms with Crippen molar-refractivity contribution in [1.82, 2.24) is 14.9 Å². The summed E-state index contributed by atoms with van der Waals surface area (Å²) in [6.45, 7) is 9.69. The summed E-state index contributed by atoms with van der Waals surface area (Å²) in [5.74, 6) is 0.0335. The number of hydrogen-bond donors (Lipinski definition) is 1. The molecule has 0 aromatic carbocycles. The lowest BCUT2D eigenvalue weighted by molar-refractivity contribution is -0.136. The van der Waals surface area contributed by atoms with Crippen molar-refractivity contribution in [2.45, 2.75) is 31.7 Å². The molecule has 0 spiro atoms. The zero-order chi connectivity index (χ0) is 19.1. The highest BCUT2D eigenvalue weighted by atomic mass is 16.4. The van der Waals surface area contributed by atoms with Crippen LogP contribution in [0.2, 0.25) is 0 Å². The Morgan fingerprint density at radius 3 is 2.62 bits per heavy atom. The first-order valence-electron chi connectivity index (χ1n) is 8.88. The van der Waals surface area contributed by atoms with E-state index < -0.39 is 5.97 Å². The van der Waals surface area contributed by atoms with Crippen LogP contribution in [0.1, 0.15) is 31.4 Å². The zero-order valence-electron chi connectivity index (χ0n) is 15.7. The van der Waals surface area contributed by atoms with Crippen LogP contribution in [0.3, 0.4) is 0 Å². The number of carbonyl (C=O) groups is 1. The van der Waals surface area contributed by atoms with E-state index >= 15 is 0 Å². The van der Waals surface area contributed by atoms with Crippen LogP contribution in [-0.2, 0) is 4.79 Å². The fraction of sp³-hybridized carbons (Fsp3) is 0.450. The van der Waals surface area contributed by atoms with E-state index in [2.05, 4.69) is 42.0 Å². The number of aromatic nitrogens is 2.